The molecule has 0 heterocycles. The summed E-state index contributed by atoms with van der Waals surface area (Å²) in [6.45, 7) is 2.71. The summed E-state index contributed by atoms with van der Waals surface area (Å²) in [4.78, 5) is 23.2. The zero-order valence-corrected chi connectivity index (χ0v) is 11.8. The highest BCUT2D eigenvalue weighted by molar-refractivity contribution is 5.88. The highest BCUT2D eigenvalue weighted by atomic mass is 16.5. The van der Waals surface area contributed by atoms with Crippen molar-refractivity contribution in [3.63, 3.8) is 0 Å². The van der Waals surface area contributed by atoms with E-state index in [0.717, 1.165) is 5.56 Å². The first-order chi connectivity index (χ1) is 9.54. The van der Waals surface area contributed by atoms with Crippen LogP contribution in [0.3, 0.4) is 0 Å². The molecule has 0 spiro atoms. The van der Waals surface area contributed by atoms with Gasteiger partial charge in [0.15, 0.2) is 0 Å². The topological polar surface area (TPSA) is 93.5 Å². The van der Waals surface area contributed by atoms with Crippen LogP contribution in [0.5, 0.6) is 0 Å². The van der Waals surface area contributed by atoms with Gasteiger partial charge in [-0.2, -0.15) is 0 Å². The quantitative estimate of drug-likeness (QED) is 0.606. The Labute approximate surface area is 118 Å². The SMILES string of the molecule is COCCNC(=O)CNC(=O)C(N)c1ccc(C)cc1. The van der Waals surface area contributed by atoms with Crippen LogP contribution in [-0.4, -0.2) is 38.6 Å². The van der Waals surface area contributed by atoms with E-state index in [9.17, 15) is 9.59 Å². The van der Waals surface area contributed by atoms with E-state index < -0.39 is 6.04 Å². The molecule has 1 aromatic rings. The number of hydrogen-bond donors (Lipinski definition) is 3. The van der Waals surface area contributed by atoms with Crippen molar-refractivity contribution in [1.29, 1.82) is 0 Å². The number of nitrogens with two attached hydrogens (primary N) is 1. The normalized spacial score (nSPS) is 11.8. The molecule has 0 fully saturated rings. The third-order valence-electron chi connectivity index (χ3n) is 2.77. The van der Waals surface area contributed by atoms with Crippen molar-refractivity contribution in [3.05, 3.63) is 35.4 Å². The third-order valence-corrected chi connectivity index (χ3v) is 2.77. The second-order valence-electron chi connectivity index (χ2n) is 4.45. The predicted octanol–water partition coefficient (Wildman–Crippen LogP) is -0.126. The largest absolute Gasteiger partial charge is 0.383 e. The van der Waals surface area contributed by atoms with Crippen molar-refractivity contribution in [2.24, 2.45) is 5.73 Å². The number of benzene rings is 1. The monoisotopic (exact) mass is 279 g/mol. The van der Waals surface area contributed by atoms with Gasteiger partial charge < -0.3 is 21.1 Å². The summed E-state index contributed by atoms with van der Waals surface area (Å²) in [7, 11) is 1.55. The number of ether oxygens (including phenoxy) is 1. The molecule has 0 saturated carbocycles. The Balaban J connectivity index is 2.38. The lowest BCUT2D eigenvalue weighted by Crippen LogP contribution is -2.41. The second-order valence-corrected chi connectivity index (χ2v) is 4.45. The smallest absolute Gasteiger partial charge is 0.241 e. The fourth-order valence-electron chi connectivity index (χ4n) is 1.56. The number of carbonyl (C=O) groups is 2. The summed E-state index contributed by atoms with van der Waals surface area (Å²) in [5, 5.41) is 5.11. The molecular formula is C14H21N3O3. The fourth-order valence-corrected chi connectivity index (χ4v) is 1.56. The molecule has 0 aliphatic carbocycles. The van der Waals surface area contributed by atoms with E-state index in [1.54, 1.807) is 19.2 Å². The van der Waals surface area contributed by atoms with Gasteiger partial charge in [0.25, 0.3) is 0 Å². The summed E-state index contributed by atoms with van der Waals surface area (Å²) in [6, 6.07) is 6.61. The van der Waals surface area contributed by atoms with Crippen molar-refractivity contribution >= 4 is 11.8 Å². The molecule has 6 heteroatoms. The standard InChI is InChI=1S/C14H21N3O3/c1-10-3-5-11(6-4-10)13(15)14(19)17-9-12(18)16-7-8-20-2/h3-6,13H,7-9,15H2,1-2H3,(H,16,18)(H,17,19). The van der Waals surface area contributed by atoms with Crippen molar-refractivity contribution in [2.75, 3.05) is 26.8 Å². The molecule has 1 unspecified atom stereocenters. The lowest BCUT2D eigenvalue weighted by Gasteiger charge is -2.12. The van der Waals surface area contributed by atoms with E-state index in [2.05, 4.69) is 10.6 Å². The van der Waals surface area contributed by atoms with E-state index >= 15 is 0 Å². The maximum Gasteiger partial charge on any atom is 0.241 e. The van der Waals surface area contributed by atoms with Gasteiger partial charge in [0.2, 0.25) is 11.8 Å². The molecule has 0 aromatic heterocycles. The minimum Gasteiger partial charge on any atom is -0.383 e. The number of amides is 2. The molecule has 0 aliphatic heterocycles. The van der Waals surface area contributed by atoms with Gasteiger partial charge >= 0.3 is 0 Å². The van der Waals surface area contributed by atoms with Crippen LogP contribution in [0.4, 0.5) is 0 Å². The summed E-state index contributed by atoms with van der Waals surface area (Å²) >= 11 is 0. The number of carbonyl (C=O) groups excluding carboxylic acids is 2. The average molecular weight is 279 g/mol. The number of hydrogen-bond acceptors (Lipinski definition) is 4. The molecule has 2 amide bonds. The third kappa shape index (κ3) is 5.38. The summed E-state index contributed by atoms with van der Waals surface area (Å²) in [6.07, 6.45) is 0. The zero-order chi connectivity index (χ0) is 15.0. The Morgan fingerprint density at radius 1 is 1.25 bits per heavy atom. The van der Waals surface area contributed by atoms with Crippen LogP contribution < -0.4 is 16.4 Å². The van der Waals surface area contributed by atoms with E-state index in [-0.39, 0.29) is 18.4 Å². The minimum atomic E-state index is -0.776. The number of rotatable bonds is 7. The van der Waals surface area contributed by atoms with Crippen LogP contribution in [0.2, 0.25) is 0 Å². The second kappa shape index (κ2) is 8.29. The molecule has 1 aromatic carbocycles. The van der Waals surface area contributed by atoms with E-state index in [4.69, 9.17) is 10.5 Å². The molecule has 0 saturated heterocycles. The number of aryl methyl sites for hydroxylation is 1. The van der Waals surface area contributed by atoms with Gasteiger partial charge in [0, 0.05) is 13.7 Å². The Bertz CT molecular complexity index is 445. The van der Waals surface area contributed by atoms with Crippen molar-refractivity contribution in [3.8, 4) is 0 Å². The van der Waals surface area contributed by atoms with Gasteiger partial charge in [-0.3, -0.25) is 9.59 Å². The van der Waals surface area contributed by atoms with Gasteiger partial charge in [0.1, 0.15) is 6.04 Å². The van der Waals surface area contributed by atoms with Crippen LogP contribution in [-0.2, 0) is 14.3 Å². The van der Waals surface area contributed by atoms with Crippen LogP contribution in [0.15, 0.2) is 24.3 Å². The van der Waals surface area contributed by atoms with Crippen LogP contribution in [0, 0.1) is 6.92 Å². The zero-order valence-electron chi connectivity index (χ0n) is 11.8. The molecule has 20 heavy (non-hydrogen) atoms. The molecule has 1 rings (SSSR count). The Hall–Kier alpha value is -1.92. The van der Waals surface area contributed by atoms with E-state index in [1.165, 1.54) is 0 Å². The Kier molecular flexibility index (Phi) is 6.69. The molecule has 0 radical (unpaired) electrons. The van der Waals surface area contributed by atoms with Crippen molar-refractivity contribution < 1.29 is 14.3 Å². The fraction of sp³-hybridized carbons (Fsp3) is 0.429. The van der Waals surface area contributed by atoms with Crippen LogP contribution in [0.25, 0.3) is 0 Å². The lowest BCUT2D eigenvalue weighted by molar-refractivity contribution is -0.127. The first-order valence-electron chi connectivity index (χ1n) is 6.40. The van der Waals surface area contributed by atoms with Gasteiger partial charge in [0.05, 0.1) is 13.2 Å². The van der Waals surface area contributed by atoms with E-state index in [1.807, 2.05) is 19.1 Å². The molecule has 0 aliphatic rings. The predicted molar refractivity (Wildman–Crippen MR) is 76.0 cm³/mol. The summed E-state index contributed by atoms with van der Waals surface area (Å²) in [5.74, 6) is -0.651. The molecule has 1 atom stereocenters. The molecule has 6 nitrogen and oxygen atoms in total. The van der Waals surface area contributed by atoms with Gasteiger partial charge in [-0.25, -0.2) is 0 Å². The first-order valence-corrected chi connectivity index (χ1v) is 6.40. The van der Waals surface area contributed by atoms with E-state index in [0.29, 0.717) is 18.7 Å². The number of nitrogens with one attached hydrogen (secondary N) is 2. The average Bonchev–Trinajstić information content (AvgIpc) is 2.45. The highest BCUT2D eigenvalue weighted by Crippen LogP contribution is 2.11. The van der Waals surface area contributed by atoms with Gasteiger partial charge in [-0.1, -0.05) is 29.8 Å². The van der Waals surface area contributed by atoms with Crippen molar-refractivity contribution in [1.82, 2.24) is 10.6 Å². The number of methoxy groups -OCH3 is 1. The summed E-state index contributed by atoms with van der Waals surface area (Å²) < 4.78 is 4.80. The molecular weight excluding hydrogens is 258 g/mol. The summed E-state index contributed by atoms with van der Waals surface area (Å²) in [5.41, 5.74) is 7.64. The van der Waals surface area contributed by atoms with Crippen LogP contribution in [0.1, 0.15) is 17.2 Å². The Morgan fingerprint density at radius 3 is 2.50 bits per heavy atom. The molecule has 4 N–H and O–H groups in total. The Morgan fingerprint density at radius 2 is 1.90 bits per heavy atom. The van der Waals surface area contributed by atoms with Crippen molar-refractivity contribution in [2.45, 2.75) is 13.0 Å². The maximum atomic E-state index is 11.8. The lowest BCUT2D eigenvalue weighted by atomic mass is 10.1. The first kappa shape index (κ1) is 16.1. The van der Waals surface area contributed by atoms with Gasteiger partial charge in [-0.05, 0) is 12.5 Å². The highest BCUT2D eigenvalue weighted by Gasteiger charge is 2.16. The molecule has 110 valence electrons. The van der Waals surface area contributed by atoms with Crippen LogP contribution >= 0.6 is 0 Å². The molecule has 0 bridgehead atoms. The maximum absolute atomic E-state index is 11.8. The van der Waals surface area contributed by atoms with Gasteiger partial charge in [-0.15, -0.1) is 0 Å². The minimum absolute atomic E-state index is 0.0951.